The van der Waals surface area contributed by atoms with Crippen LogP contribution in [-0.4, -0.2) is 10.1 Å². The lowest BCUT2D eigenvalue weighted by atomic mass is 10.1. The van der Waals surface area contributed by atoms with E-state index in [0.717, 1.165) is 22.5 Å². The second-order valence-corrected chi connectivity index (χ2v) is 4.05. The van der Waals surface area contributed by atoms with E-state index in [0.29, 0.717) is 0 Å². The van der Waals surface area contributed by atoms with Crippen LogP contribution in [0.3, 0.4) is 0 Å². The first-order valence-electron chi connectivity index (χ1n) is 5.79. The summed E-state index contributed by atoms with van der Waals surface area (Å²) in [6, 6.07) is 13.8. The molecule has 1 aromatic carbocycles. The van der Waals surface area contributed by atoms with E-state index in [-0.39, 0.29) is 0 Å². The lowest BCUT2D eigenvalue weighted by Gasteiger charge is -2.10. The fraction of sp³-hybridized carbons (Fsp3) is 0.125. The maximum atomic E-state index is 9.86. The summed E-state index contributed by atoms with van der Waals surface area (Å²) in [5, 5.41) is 9.86. The highest BCUT2D eigenvalue weighted by atomic mass is 16.3. The Balaban J connectivity index is 2.39. The fourth-order valence-corrected chi connectivity index (χ4v) is 1.86. The highest BCUT2D eigenvalue weighted by Gasteiger charge is 2.09. The van der Waals surface area contributed by atoms with Crippen LogP contribution in [0.2, 0.25) is 0 Å². The van der Waals surface area contributed by atoms with Gasteiger partial charge in [-0.05, 0) is 19.1 Å². The van der Waals surface area contributed by atoms with E-state index < -0.39 is 6.10 Å². The van der Waals surface area contributed by atoms with E-state index in [9.17, 15) is 5.11 Å². The van der Waals surface area contributed by atoms with Crippen LogP contribution in [0.15, 0.2) is 60.9 Å². The Morgan fingerprint density at radius 1 is 1.22 bits per heavy atom. The molecule has 2 aromatic rings. The maximum Gasteiger partial charge on any atom is 0.106 e. The highest BCUT2D eigenvalue weighted by Crippen LogP contribution is 2.22. The van der Waals surface area contributed by atoms with Gasteiger partial charge in [0.05, 0.1) is 5.69 Å². The van der Waals surface area contributed by atoms with E-state index in [1.165, 1.54) is 6.08 Å². The van der Waals surface area contributed by atoms with Gasteiger partial charge in [0.1, 0.15) is 6.10 Å². The molecule has 0 amide bonds. The SMILES string of the molecule is C=C=CC(O)c1ccc(-c2ccccc2)nc1C. The number of pyridine rings is 1. The lowest BCUT2D eigenvalue weighted by Crippen LogP contribution is -1.99. The van der Waals surface area contributed by atoms with Crippen LogP contribution in [-0.2, 0) is 0 Å². The third-order valence-electron chi connectivity index (χ3n) is 2.79. The molecule has 1 heterocycles. The average Bonchev–Trinajstić information content (AvgIpc) is 2.40. The van der Waals surface area contributed by atoms with Crippen molar-refractivity contribution in [2.24, 2.45) is 0 Å². The van der Waals surface area contributed by atoms with E-state index >= 15 is 0 Å². The molecule has 2 nitrogen and oxygen atoms in total. The number of rotatable bonds is 3. The predicted molar refractivity (Wildman–Crippen MR) is 73.1 cm³/mol. The summed E-state index contributed by atoms with van der Waals surface area (Å²) in [4.78, 5) is 4.52. The minimum atomic E-state index is -0.695. The normalized spacial score (nSPS) is 11.7. The summed E-state index contributed by atoms with van der Waals surface area (Å²) < 4.78 is 0. The largest absolute Gasteiger partial charge is 0.384 e. The molecule has 0 aliphatic heterocycles. The first-order chi connectivity index (χ1) is 8.72. The van der Waals surface area contributed by atoms with Crippen molar-refractivity contribution < 1.29 is 5.11 Å². The van der Waals surface area contributed by atoms with Gasteiger partial charge >= 0.3 is 0 Å². The molecule has 2 heteroatoms. The Labute approximate surface area is 107 Å². The fourth-order valence-electron chi connectivity index (χ4n) is 1.86. The average molecular weight is 237 g/mol. The number of aromatic nitrogens is 1. The summed E-state index contributed by atoms with van der Waals surface area (Å²) in [6.45, 7) is 5.35. The Kier molecular flexibility index (Phi) is 3.73. The van der Waals surface area contributed by atoms with Gasteiger partial charge in [0.15, 0.2) is 0 Å². The van der Waals surface area contributed by atoms with Gasteiger partial charge in [-0.1, -0.05) is 43.0 Å². The zero-order chi connectivity index (χ0) is 13.0. The Morgan fingerprint density at radius 2 is 1.94 bits per heavy atom. The van der Waals surface area contributed by atoms with Gasteiger partial charge in [-0.25, -0.2) is 0 Å². The Morgan fingerprint density at radius 3 is 2.56 bits per heavy atom. The van der Waals surface area contributed by atoms with E-state index in [4.69, 9.17) is 0 Å². The summed E-state index contributed by atoms with van der Waals surface area (Å²) in [5.74, 6) is 0. The monoisotopic (exact) mass is 237 g/mol. The topological polar surface area (TPSA) is 33.1 Å². The van der Waals surface area contributed by atoms with Crippen molar-refractivity contribution in [3.8, 4) is 11.3 Å². The second kappa shape index (κ2) is 5.46. The molecule has 0 aliphatic carbocycles. The van der Waals surface area contributed by atoms with Gasteiger partial charge in [-0.3, -0.25) is 4.98 Å². The molecular weight excluding hydrogens is 222 g/mol. The number of aryl methyl sites for hydroxylation is 1. The number of hydrogen-bond acceptors (Lipinski definition) is 2. The number of hydrogen-bond donors (Lipinski definition) is 1. The summed E-state index contributed by atoms with van der Waals surface area (Å²) >= 11 is 0. The zero-order valence-electron chi connectivity index (χ0n) is 10.3. The van der Waals surface area contributed by atoms with Crippen LogP contribution in [0.4, 0.5) is 0 Å². The second-order valence-electron chi connectivity index (χ2n) is 4.05. The molecule has 0 bridgehead atoms. The van der Waals surface area contributed by atoms with E-state index in [1.807, 2.05) is 49.4 Å². The number of aliphatic hydroxyl groups excluding tert-OH is 1. The molecule has 0 spiro atoms. The molecule has 1 N–H and O–H groups in total. The van der Waals surface area contributed by atoms with Crippen molar-refractivity contribution >= 4 is 0 Å². The molecule has 0 saturated carbocycles. The van der Waals surface area contributed by atoms with Crippen molar-refractivity contribution in [3.05, 3.63) is 72.1 Å². The third-order valence-corrected chi connectivity index (χ3v) is 2.79. The molecule has 90 valence electrons. The van der Waals surface area contributed by atoms with Crippen LogP contribution in [0.25, 0.3) is 11.3 Å². The Bertz CT molecular complexity index is 583. The first kappa shape index (κ1) is 12.3. The van der Waals surface area contributed by atoms with Gasteiger partial charge in [0, 0.05) is 16.8 Å². The van der Waals surface area contributed by atoms with Crippen molar-refractivity contribution in [3.63, 3.8) is 0 Å². The van der Waals surface area contributed by atoms with Gasteiger partial charge in [0.25, 0.3) is 0 Å². The summed E-state index contributed by atoms with van der Waals surface area (Å²) in [7, 11) is 0. The van der Waals surface area contributed by atoms with Crippen molar-refractivity contribution in [2.45, 2.75) is 13.0 Å². The molecule has 0 saturated heterocycles. The molecule has 0 radical (unpaired) electrons. The lowest BCUT2D eigenvalue weighted by molar-refractivity contribution is 0.227. The molecular formula is C16H15NO. The van der Waals surface area contributed by atoms with Crippen LogP contribution in [0, 0.1) is 6.92 Å². The number of benzene rings is 1. The van der Waals surface area contributed by atoms with E-state index in [2.05, 4.69) is 17.3 Å². The third kappa shape index (κ3) is 2.57. The van der Waals surface area contributed by atoms with Crippen molar-refractivity contribution in [2.75, 3.05) is 0 Å². The van der Waals surface area contributed by atoms with Crippen molar-refractivity contribution in [1.29, 1.82) is 0 Å². The molecule has 1 unspecified atom stereocenters. The van der Waals surface area contributed by atoms with Crippen LogP contribution in [0.1, 0.15) is 17.4 Å². The van der Waals surface area contributed by atoms with E-state index in [1.54, 1.807) is 0 Å². The quantitative estimate of drug-likeness (QED) is 0.830. The highest BCUT2D eigenvalue weighted by molar-refractivity contribution is 5.59. The van der Waals surface area contributed by atoms with Gasteiger partial charge in [-0.2, -0.15) is 0 Å². The molecule has 0 aliphatic rings. The van der Waals surface area contributed by atoms with Gasteiger partial charge in [0.2, 0.25) is 0 Å². The molecule has 0 fully saturated rings. The predicted octanol–water partition coefficient (Wildman–Crippen LogP) is 3.43. The van der Waals surface area contributed by atoms with Crippen LogP contribution < -0.4 is 0 Å². The van der Waals surface area contributed by atoms with Gasteiger partial charge in [-0.15, -0.1) is 5.73 Å². The smallest absolute Gasteiger partial charge is 0.106 e. The van der Waals surface area contributed by atoms with Crippen molar-refractivity contribution in [1.82, 2.24) is 4.98 Å². The molecule has 2 rings (SSSR count). The van der Waals surface area contributed by atoms with Crippen LogP contribution in [0.5, 0.6) is 0 Å². The molecule has 1 atom stereocenters. The summed E-state index contributed by atoms with van der Waals surface area (Å²) in [6.07, 6.45) is 0.825. The number of nitrogens with zero attached hydrogens (tertiary/aromatic N) is 1. The first-order valence-corrected chi connectivity index (χ1v) is 5.79. The summed E-state index contributed by atoms with van der Waals surface area (Å²) in [5.41, 5.74) is 6.16. The molecule has 18 heavy (non-hydrogen) atoms. The minimum Gasteiger partial charge on any atom is -0.384 e. The molecule has 1 aromatic heterocycles. The van der Waals surface area contributed by atoms with Crippen LogP contribution >= 0.6 is 0 Å². The van der Waals surface area contributed by atoms with Gasteiger partial charge < -0.3 is 5.11 Å². The standard InChI is InChI=1S/C16H15NO/c1-3-7-16(18)14-10-11-15(17-12(14)2)13-8-5-4-6-9-13/h4-11,16,18H,1H2,2H3. The zero-order valence-corrected chi connectivity index (χ0v) is 10.3. The Hall–Kier alpha value is -2.15. The maximum absolute atomic E-state index is 9.86. The number of aliphatic hydroxyl groups is 1. The minimum absolute atomic E-state index is 0.695.